The summed E-state index contributed by atoms with van der Waals surface area (Å²) >= 11 is 0. The molecule has 1 aliphatic carbocycles. The number of methoxy groups -OCH3 is 1. The minimum absolute atomic E-state index is 0.0431. The molecule has 1 saturated heterocycles. The van der Waals surface area contributed by atoms with Crippen LogP contribution < -0.4 is 15.6 Å². The molecule has 0 radical (unpaired) electrons. The lowest BCUT2D eigenvalue weighted by Gasteiger charge is -2.29. The molecule has 4 aromatic rings. The van der Waals surface area contributed by atoms with E-state index in [1.54, 1.807) is 20.2 Å². The highest BCUT2D eigenvalue weighted by atomic mass is 19.1. The van der Waals surface area contributed by atoms with Gasteiger partial charge in [0.05, 0.1) is 11.6 Å². The van der Waals surface area contributed by atoms with Gasteiger partial charge >= 0.3 is 0 Å². The molecule has 42 heavy (non-hydrogen) atoms. The van der Waals surface area contributed by atoms with Crippen molar-refractivity contribution in [3.8, 4) is 17.1 Å². The van der Waals surface area contributed by atoms with Crippen LogP contribution >= 0.6 is 0 Å². The maximum atomic E-state index is 14.1. The molecule has 222 valence electrons. The zero-order valence-corrected chi connectivity index (χ0v) is 24.4. The predicted octanol–water partition coefficient (Wildman–Crippen LogP) is 4.36. The molecule has 0 spiro atoms. The maximum Gasteiger partial charge on any atom is 0.266 e. The van der Waals surface area contributed by atoms with Crippen molar-refractivity contribution >= 4 is 16.7 Å². The van der Waals surface area contributed by atoms with Gasteiger partial charge < -0.3 is 14.8 Å². The van der Waals surface area contributed by atoms with Gasteiger partial charge in [0.25, 0.3) is 5.56 Å². The molecule has 1 saturated carbocycles. The molecule has 2 aliphatic rings. The van der Waals surface area contributed by atoms with Gasteiger partial charge in [0.15, 0.2) is 0 Å². The number of hydrogen-bond acceptors (Lipinski definition) is 8. The molecule has 4 heterocycles. The molecule has 6 rings (SSSR count). The van der Waals surface area contributed by atoms with Gasteiger partial charge in [0.1, 0.15) is 29.9 Å². The number of anilines is 1. The molecule has 1 aromatic carbocycles. The quantitative estimate of drug-likeness (QED) is 0.315. The van der Waals surface area contributed by atoms with Crippen LogP contribution in [0.5, 0.6) is 5.88 Å². The van der Waals surface area contributed by atoms with Gasteiger partial charge in [-0.05, 0) is 38.2 Å². The number of pyridine rings is 1. The van der Waals surface area contributed by atoms with Gasteiger partial charge in [0.2, 0.25) is 5.88 Å². The average Bonchev–Trinajstić information content (AvgIpc) is 3.55. The SMILES string of the molecule is CCNc1cc2c(cn1)c(-c1ccc(CN3C[C@H](OC)[C@@H](F)C3)cc1)nn2C1CCC(Oc2ccc(=O)n(C)n2)CC1. The van der Waals surface area contributed by atoms with Gasteiger partial charge in [0, 0.05) is 75.7 Å². The second-order valence-corrected chi connectivity index (χ2v) is 11.3. The Morgan fingerprint density at radius 2 is 1.83 bits per heavy atom. The van der Waals surface area contributed by atoms with Crippen molar-refractivity contribution in [2.75, 3.05) is 32.1 Å². The third-order valence-corrected chi connectivity index (χ3v) is 8.37. The monoisotopic (exact) mass is 575 g/mol. The summed E-state index contributed by atoms with van der Waals surface area (Å²) in [5, 5.41) is 13.7. The summed E-state index contributed by atoms with van der Waals surface area (Å²) in [6, 6.07) is 13.8. The van der Waals surface area contributed by atoms with E-state index < -0.39 is 6.17 Å². The van der Waals surface area contributed by atoms with E-state index in [0.29, 0.717) is 25.5 Å². The van der Waals surface area contributed by atoms with Gasteiger partial charge in [-0.3, -0.25) is 14.4 Å². The Morgan fingerprint density at radius 1 is 1.05 bits per heavy atom. The number of nitrogens with zero attached hydrogens (tertiary/aromatic N) is 6. The zero-order chi connectivity index (χ0) is 29.2. The summed E-state index contributed by atoms with van der Waals surface area (Å²) in [5.74, 6) is 1.31. The molecule has 0 unspecified atom stereocenters. The van der Waals surface area contributed by atoms with Crippen molar-refractivity contribution in [2.24, 2.45) is 7.05 Å². The van der Waals surface area contributed by atoms with Crippen LogP contribution in [0, 0.1) is 0 Å². The van der Waals surface area contributed by atoms with Crippen molar-refractivity contribution in [3.05, 3.63) is 64.6 Å². The van der Waals surface area contributed by atoms with E-state index in [-0.39, 0.29) is 23.8 Å². The van der Waals surface area contributed by atoms with E-state index in [2.05, 4.69) is 62.2 Å². The summed E-state index contributed by atoms with van der Waals surface area (Å²) in [6.07, 6.45) is 4.22. The third-order valence-electron chi connectivity index (χ3n) is 8.37. The molecule has 2 atom stereocenters. The van der Waals surface area contributed by atoms with Crippen molar-refractivity contribution < 1.29 is 13.9 Å². The number of likely N-dealkylation sites (tertiary alicyclic amines) is 1. The van der Waals surface area contributed by atoms with Crippen LogP contribution in [0.4, 0.5) is 10.2 Å². The number of halogens is 1. The highest BCUT2D eigenvalue weighted by Crippen LogP contribution is 2.36. The maximum absolute atomic E-state index is 14.1. The van der Waals surface area contributed by atoms with Crippen LogP contribution in [0.25, 0.3) is 22.2 Å². The lowest BCUT2D eigenvalue weighted by molar-refractivity contribution is 0.0621. The van der Waals surface area contributed by atoms with Crippen LogP contribution in [0.2, 0.25) is 0 Å². The van der Waals surface area contributed by atoms with E-state index >= 15 is 0 Å². The minimum Gasteiger partial charge on any atom is -0.473 e. The molecule has 3 aromatic heterocycles. The van der Waals surface area contributed by atoms with Crippen LogP contribution in [0.3, 0.4) is 0 Å². The number of aryl methyl sites for hydroxylation is 1. The number of hydrogen-bond donors (Lipinski definition) is 1. The number of aromatic nitrogens is 5. The second kappa shape index (κ2) is 12.2. The van der Waals surface area contributed by atoms with Crippen LogP contribution in [-0.2, 0) is 18.3 Å². The summed E-state index contributed by atoms with van der Waals surface area (Å²) < 4.78 is 29.0. The molecule has 0 amide bonds. The fourth-order valence-corrected chi connectivity index (χ4v) is 6.11. The van der Waals surface area contributed by atoms with E-state index in [1.807, 2.05) is 6.20 Å². The molecule has 10 nitrogen and oxygen atoms in total. The summed E-state index contributed by atoms with van der Waals surface area (Å²) in [6.45, 7) is 4.52. The third kappa shape index (κ3) is 5.89. The van der Waals surface area contributed by atoms with Crippen molar-refractivity contribution in [3.63, 3.8) is 0 Å². The van der Waals surface area contributed by atoms with Crippen LogP contribution in [0.1, 0.15) is 44.2 Å². The van der Waals surface area contributed by atoms with Gasteiger partial charge in [-0.25, -0.2) is 14.1 Å². The Labute approximate surface area is 244 Å². The van der Waals surface area contributed by atoms with E-state index in [1.165, 1.54) is 10.7 Å². The highest BCUT2D eigenvalue weighted by Gasteiger charge is 2.32. The minimum atomic E-state index is -0.948. The first-order valence-corrected chi connectivity index (χ1v) is 14.7. The number of alkyl halides is 1. The van der Waals surface area contributed by atoms with Gasteiger partial charge in [-0.2, -0.15) is 5.10 Å². The number of rotatable bonds is 9. The number of fused-ring (bicyclic) bond motifs is 1. The molecular weight excluding hydrogens is 537 g/mol. The summed E-state index contributed by atoms with van der Waals surface area (Å²) in [5.41, 5.74) is 3.96. The standard InChI is InChI=1S/C31H38FN7O3/c1-4-33-28-15-26-24(16-34-28)31(21-7-5-20(6-8-21)17-38-18-25(32)27(19-38)41-3)36-39(26)22-9-11-23(12-10-22)42-29-13-14-30(40)37(2)35-29/h5-8,13-16,22-23,25,27H,4,9-12,17-19H2,1-3H3,(H,33,34)/t22?,23?,25-,27-/m0/s1. The highest BCUT2D eigenvalue weighted by molar-refractivity contribution is 5.94. The zero-order valence-electron chi connectivity index (χ0n) is 24.4. The van der Waals surface area contributed by atoms with Crippen LogP contribution in [-0.4, -0.2) is 74.6 Å². The number of ether oxygens (including phenoxy) is 2. The topological polar surface area (TPSA) is 99.3 Å². The lowest BCUT2D eigenvalue weighted by Crippen LogP contribution is -2.27. The van der Waals surface area contributed by atoms with Crippen molar-refractivity contribution in [1.82, 2.24) is 29.4 Å². The number of benzene rings is 1. The summed E-state index contributed by atoms with van der Waals surface area (Å²) in [4.78, 5) is 18.4. The van der Waals surface area contributed by atoms with Gasteiger partial charge in [-0.15, -0.1) is 5.10 Å². The fraction of sp³-hybridized carbons (Fsp3) is 0.484. The Morgan fingerprint density at radius 3 is 2.52 bits per heavy atom. The fourth-order valence-electron chi connectivity index (χ4n) is 6.11. The Hall–Kier alpha value is -3.83. The molecule has 2 fully saturated rings. The molecule has 11 heteroatoms. The van der Waals surface area contributed by atoms with Crippen molar-refractivity contribution in [2.45, 2.75) is 63.6 Å². The first-order valence-electron chi connectivity index (χ1n) is 14.7. The van der Waals surface area contributed by atoms with Crippen LogP contribution in [0.15, 0.2) is 53.5 Å². The van der Waals surface area contributed by atoms with Gasteiger partial charge in [-0.1, -0.05) is 24.3 Å². The van der Waals surface area contributed by atoms with E-state index in [4.69, 9.17) is 14.6 Å². The van der Waals surface area contributed by atoms with E-state index in [9.17, 15) is 9.18 Å². The second-order valence-electron chi connectivity index (χ2n) is 11.3. The normalized spacial score (nSPS) is 23.0. The number of nitrogens with one attached hydrogen (secondary N) is 1. The van der Waals surface area contributed by atoms with Crippen molar-refractivity contribution in [1.29, 1.82) is 0 Å². The molecular formula is C31H38FN7O3. The Bertz CT molecular complexity index is 1580. The largest absolute Gasteiger partial charge is 0.473 e. The first kappa shape index (κ1) is 28.3. The first-order chi connectivity index (χ1) is 20.4. The molecule has 0 bridgehead atoms. The predicted molar refractivity (Wildman–Crippen MR) is 159 cm³/mol. The average molecular weight is 576 g/mol. The van der Waals surface area contributed by atoms with E-state index in [0.717, 1.165) is 65.8 Å². The molecule has 1 aliphatic heterocycles. The Balaban J connectivity index is 1.21. The summed E-state index contributed by atoms with van der Waals surface area (Å²) in [7, 11) is 3.20. The smallest absolute Gasteiger partial charge is 0.266 e. The molecule has 1 N–H and O–H groups in total. The lowest BCUT2D eigenvalue weighted by atomic mass is 9.93. The Kier molecular flexibility index (Phi) is 8.21.